The highest BCUT2D eigenvalue weighted by atomic mass is 35.5. The number of amidine groups is 1. The van der Waals surface area contributed by atoms with Crippen LogP contribution in [0.5, 0.6) is 11.5 Å². The number of aliphatic imine (C=N–C) groups is 1. The Labute approximate surface area is 620 Å². The van der Waals surface area contributed by atoms with Crippen molar-refractivity contribution >= 4 is 111 Å². The minimum atomic E-state index is -2.26. The van der Waals surface area contributed by atoms with Crippen LogP contribution in [0.3, 0.4) is 0 Å². The molecule has 24 heteroatoms. The van der Waals surface area contributed by atoms with Crippen LogP contribution in [0.1, 0.15) is 172 Å². The molecule has 1 fully saturated rings. The van der Waals surface area contributed by atoms with Crippen molar-refractivity contribution in [3.8, 4) is 11.5 Å². The van der Waals surface area contributed by atoms with E-state index < -0.39 is 63.1 Å². The number of rotatable bonds is 25. The van der Waals surface area contributed by atoms with E-state index in [4.69, 9.17) is 57.2 Å². The Hall–Kier alpha value is -10.1. The number of aryl methyl sites for hydroxylation is 1. The topological polar surface area (TPSA) is 340 Å². The minimum Gasteiger partial charge on any atom is -0.508 e. The van der Waals surface area contributed by atoms with Crippen molar-refractivity contribution in [3.05, 3.63) is 236 Å². The molecular formula is C80H92Cl2N4O17S. The molecule has 554 valence electrons. The van der Waals surface area contributed by atoms with Crippen LogP contribution < -0.4 is 10.5 Å². The Morgan fingerprint density at radius 3 is 1.83 bits per heavy atom. The Balaban J connectivity index is 0.000000313. The van der Waals surface area contributed by atoms with E-state index in [0.717, 1.165) is 35.1 Å². The summed E-state index contributed by atoms with van der Waals surface area (Å²) in [5.41, 5.74) is 8.97. The number of nitrogens with zero attached hydrogens (tertiary/aromatic N) is 2. The Morgan fingerprint density at radius 1 is 0.712 bits per heavy atom. The molecule has 0 aromatic heterocycles. The van der Waals surface area contributed by atoms with E-state index in [0.29, 0.717) is 71.6 Å². The molecule has 7 aromatic rings. The number of benzene rings is 7. The van der Waals surface area contributed by atoms with Crippen molar-refractivity contribution < 1.29 is 81.7 Å². The molecule has 0 aliphatic carbocycles. The normalized spacial score (nSPS) is 12.9. The number of carboxylic acids is 3. The van der Waals surface area contributed by atoms with E-state index >= 15 is 0 Å². The van der Waals surface area contributed by atoms with E-state index in [-0.39, 0.29) is 40.2 Å². The first-order valence-corrected chi connectivity index (χ1v) is 35.6. The first-order valence-electron chi connectivity index (χ1n) is 33.7. The van der Waals surface area contributed by atoms with Gasteiger partial charge in [-0.2, -0.15) is 0 Å². The second-order valence-electron chi connectivity index (χ2n) is 24.9. The highest BCUT2D eigenvalue weighted by molar-refractivity contribution is 7.95. The summed E-state index contributed by atoms with van der Waals surface area (Å²) in [6, 6.07) is 48.0. The first kappa shape index (κ1) is 86.3. The SMILES string of the molecule is CC(C)(C)OC(=O)N1CCC(C(=O)O)(c2ccccc2)CC1.CCCCCCCCCCC(C)C(=O)O.CCOCc1ccc(C(=O)OC(=O)c2cccc(C=Nc3ccc(C)cc3)c2OC(=O)C=Cc2ccc(Cl)c(Cl)c2)cc1.N=C(N)S(=O)O.O=C(O)C(=Cc1ccc(O)cc1)c1ccccc1. The predicted molar refractivity (Wildman–Crippen MR) is 407 cm³/mol. The molecule has 2 atom stereocenters. The molecule has 2 unspecified atom stereocenters. The largest absolute Gasteiger partial charge is 0.508 e. The molecule has 1 saturated heterocycles. The summed E-state index contributed by atoms with van der Waals surface area (Å²) < 4.78 is 38.7. The Bertz CT molecular complexity index is 4030. The third kappa shape index (κ3) is 31.2. The van der Waals surface area contributed by atoms with Crippen LogP contribution in [-0.2, 0) is 56.5 Å². The fourth-order valence-corrected chi connectivity index (χ4v) is 10.2. The van der Waals surface area contributed by atoms with Gasteiger partial charge < -0.3 is 50.0 Å². The number of nitrogens with two attached hydrogens (primary N) is 1. The molecule has 8 rings (SSSR count). The molecule has 1 heterocycles. The lowest BCUT2D eigenvalue weighted by Crippen LogP contribution is -2.50. The summed E-state index contributed by atoms with van der Waals surface area (Å²) in [7, 11) is 0. The van der Waals surface area contributed by atoms with Crippen LogP contribution in [0, 0.1) is 18.3 Å². The number of aliphatic carboxylic acids is 3. The lowest BCUT2D eigenvalue weighted by atomic mass is 9.73. The maximum atomic E-state index is 13.2. The highest BCUT2D eigenvalue weighted by Crippen LogP contribution is 2.37. The number of hydrogen-bond acceptors (Lipinski definition) is 15. The lowest BCUT2D eigenvalue weighted by molar-refractivity contribution is -0.146. The number of phenolic OH excluding ortho intramolecular Hbond substituents is 1. The van der Waals surface area contributed by atoms with Gasteiger partial charge in [0.05, 0.1) is 44.8 Å². The van der Waals surface area contributed by atoms with E-state index in [1.54, 1.807) is 109 Å². The smallest absolute Gasteiger partial charge is 0.410 e. The number of halogens is 2. The molecule has 1 aliphatic heterocycles. The summed E-state index contributed by atoms with van der Waals surface area (Å²) in [6.45, 7) is 15.1. The Kier molecular flexibility index (Phi) is 37.4. The van der Waals surface area contributed by atoms with Crippen LogP contribution in [0.2, 0.25) is 10.0 Å². The van der Waals surface area contributed by atoms with Crippen LogP contribution >= 0.6 is 23.2 Å². The second-order valence-corrected chi connectivity index (χ2v) is 26.7. The zero-order chi connectivity index (χ0) is 76.8. The summed E-state index contributed by atoms with van der Waals surface area (Å²) in [5, 5.41) is 43.0. The van der Waals surface area contributed by atoms with Crippen LogP contribution in [0.4, 0.5) is 10.5 Å². The molecule has 1 aliphatic rings. The van der Waals surface area contributed by atoms with Crippen LogP contribution in [0.25, 0.3) is 17.7 Å². The molecule has 104 heavy (non-hydrogen) atoms. The quantitative estimate of drug-likeness (QED) is 0.00322. The molecule has 7 aromatic carbocycles. The van der Waals surface area contributed by atoms with Gasteiger partial charge in [-0.05, 0) is 155 Å². The van der Waals surface area contributed by atoms with Crippen molar-refractivity contribution in [2.75, 3.05) is 19.7 Å². The molecule has 0 spiro atoms. The summed E-state index contributed by atoms with van der Waals surface area (Å²) >= 11 is 9.77. The van der Waals surface area contributed by atoms with Gasteiger partial charge >= 0.3 is 41.9 Å². The summed E-state index contributed by atoms with van der Waals surface area (Å²) in [6.07, 6.45) is 17.2. The van der Waals surface area contributed by atoms with Gasteiger partial charge in [-0.3, -0.25) is 24.5 Å². The van der Waals surface area contributed by atoms with E-state index in [2.05, 4.69) is 17.6 Å². The number of hydrogen-bond donors (Lipinski definition) is 7. The number of unbranched alkanes of at least 4 members (excludes halogenated alkanes) is 7. The van der Waals surface area contributed by atoms with Gasteiger partial charge in [-0.1, -0.05) is 203 Å². The number of ether oxygens (including phenoxy) is 4. The number of carbonyl (C=O) groups excluding carboxylic acids is 4. The van der Waals surface area contributed by atoms with E-state index in [1.807, 2.05) is 95.3 Å². The predicted octanol–water partition coefficient (Wildman–Crippen LogP) is 17.6. The standard InChI is InChI=1S/C34H27Cl2NO6.C17H23NO4.C15H12O3.C13H26O2.CH4N2O2S/c1-3-41-21-24-9-13-25(14-10-24)33(39)43-34(40)28-6-4-5-26(20-37-27-15-7-22(2)8-16-27)32(28)42-31(38)18-12-23-11-17-29(35)30(36)19-23;1-16(2,3)22-15(21)18-11-9-17(10-12-18,14(19)20)13-7-5-4-6-8-13;16-13-8-6-11(7-9-13)10-14(15(17)18)12-4-2-1-3-5-12;1-3-4-5-6-7-8-9-10-11-12(2)13(14)15;2-1(3)6(4)5/h4-20H,3,21H2,1-2H3;4-8H,9-12H2,1-3H3,(H,19,20);1-10,16H,(H,17,18);12H,3-11H2,1-2H3,(H,14,15);(H3,2,3)(H,4,5). The van der Waals surface area contributed by atoms with E-state index in [9.17, 15) is 53.1 Å². The van der Waals surface area contributed by atoms with Gasteiger partial charge in [0.25, 0.3) is 0 Å². The Morgan fingerprint density at radius 2 is 1.29 bits per heavy atom. The van der Waals surface area contributed by atoms with Crippen molar-refractivity contribution in [2.45, 2.75) is 137 Å². The van der Waals surface area contributed by atoms with Gasteiger partial charge in [-0.25, -0.2) is 28.2 Å². The fraction of sp³-hybridized carbons (Fsp3) is 0.312. The summed E-state index contributed by atoms with van der Waals surface area (Å²) in [5.74, 6) is -5.23. The van der Waals surface area contributed by atoms with Crippen LogP contribution in [0.15, 0.2) is 181 Å². The van der Waals surface area contributed by atoms with Crippen molar-refractivity contribution in [1.82, 2.24) is 4.90 Å². The number of carboxylic acid groups (broad SMARTS) is 3. The number of piperidine rings is 1. The van der Waals surface area contributed by atoms with Crippen molar-refractivity contribution in [3.63, 3.8) is 0 Å². The molecule has 0 radical (unpaired) electrons. The molecule has 0 bridgehead atoms. The third-order valence-electron chi connectivity index (χ3n) is 15.7. The highest BCUT2D eigenvalue weighted by Gasteiger charge is 2.44. The van der Waals surface area contributed by atoms with Gasteiger partial charge in [0.15, 0.2) is 5.75 Å². The summed E-state index contributed by atoms with van der Waals surface area (Å²) in [4.78, 5) is 90.6. The monoisotopic (exact) mass is 1480 g/mol. The lowest BCUT2D eigenvalue weighted by Gasteiger charge is -2.39. The zero-order valence-corrected chi connectivity index (χ0v) is 61.8. The average Bonchev–Trinajstić information content (AvgIpc) is 0.774. The molecular weight excluding hydrogens is 1390 g/mol. The second kappa shape index (κ2) is 45.1. The van der Waals surface area contributed by atoms with E-state index in [1.165, 1.54) is 81.5 Å². The molecule has 1 amide bonds. The molecule has 0 saturated carbocycles. The fourth-order valence-electron chi connectivity index (χ4n) is 9.89. The number of para-hydroxylation sites is 1. The van der Waals surface area contributed by atoms with Gasteiger partial charge in [0, 0.05) is 37.6 Å². The van der Waals surface area contributed by atoms with Crippen LogP contribution in [-0.4, -0.2) is 113 Å². The number of amides is 1. The number of likely N-dealkylation sites (tertiary alicyclic amines) is 1. The number of aromatic hydroxyl groups is 1. The number of carbonyl (C=O) groups is 7. The number of esters is 3. The average molecular weight is 1480 g/mol. The van der Waals surface area contributed by atoms with Crippen molar-refractivity contribution in [2.24, 2.45) is 16.6 Å². The van der Waals surface area contributed by atoms with Crippen molar-refractivity contribution in [1.29, 1.82) is 5.41 Å². The maximum absolute atomic E-state index is 13.2. The third-order valence-corrected chi connectivity index (χ3v) is 16.8. The zero-order valence-electron chi connectivity index (χ0n) is 59.4. The first-order chi connectivity index (χ1) is 49.5. The number of phenols is 1. The maximum Gasteiger partial charge on any atom is 0.410 e. The molecule has 21 nitrogen and oxygen atoms in total. The van der Waals surface area contributed by atoms with Gasteiger partial charge in [-0.15, -0.1) is 0 Å². The van der Waals surface area contributed by atoms with Gasteiger partial charge in [0.1, 0.15) is 16.9 Å². The number of nitrogens with one attached hydrogen (secondary N) is 1. The minimum absolute atomic E-state index is 0.119. The molecule has 8 N–H and O–H groups in total. The van der Waals surface area contributed by atoms with Gasteiger partial charge in [0.2, 0.25) is 16.2 Å².